The predicted molar refractivity (Wildman–Crippen MR) is 99.4 cm³/mol. The lowest BCUT2D eigenvalue weighted by atomic mass is 10.1. The molecular weight excluding hydrogens is 356 g/mol. The number of hydrogen-bond acceptors (Lipinski definition) is 6. The Morgan fingerprint density at radius 1 is 1.11 bits per heavy atom. The van der Waals surface area contributed by atoms with Crippen molar-refractivity contribution >= 4 is 5.97 Å². The summed E-state index contributed by atoms with van der Waals surface area (Å²) in [6.07, 6.45) is 1.29. The van der Waals surface area contributed by atoms with Crippen LogP contribution in [0.3, 0.4) is 0 Å². The van der Waals surface area contributed by atoms with E-state index in [9.17, 15) is 4.79 Å². The standard InChI is InChI=1S/C21H14N4O3/c1-13-19(21(26)27)11-24-20(25-13)15-4-6-18(7-5-15)28-12-14-2-3-16(9-22)17(8-14)10-23/h2-8,11H,12H2,1H3,(H,26,27). The van der Waals surface area contributed by atoms with Gasteiger partial charge < -0.3 is 9.84 Å². The largest absolute Gasteiger partial charge is 0.489 e. The van der Waals surface area contributed by atoms with Crippen LogP contribution in [0, 0.1) is 29.6 Å². The Kier molecular flexibility index (Phi) is 5.29. The Morgan fingerprint density at radius 3 is 2.43 bits per heavy atom. The Labute approximate surface area is 161 Å². The van der Waals surface area contributed by atoms with Crippen LogP contribution >= 0.6 is 0 Å². The molecule has 7 heteroatoms. The van der Waals surface area contributed by atoms with Crippen molar-refractivity contribution < 1.29 is 14.6 Å². The van der Waals surface area contributed by atoms with Gasteiger partial charge >= 0.3 is 5.97 Å². The maximum Gasteiger partial charge on any atom is 0.339 e. The monoisotopic (exact) mass is 370 g/mol. The number of aromatic carboxylic acids is 1. The van der Waals surface area contributed by atoms with E-state index in [4.69, 9.17) is 20.4 Å². The Balaban J connectivity index is 1.72. The molecule has 0 spiro atoms. The molecule has 0 saturated carbocycles. The van der Waals surface area contributed by atoms with Crippen LogP contribution in [0.15, 0.2) is 48.7 Å². The highest BCUT2D eigenvalue weighted by Crippen LogP contribution is 2.21. The van der Waals surface area contributed by atoms with Gasteiger partial charge in [0.25, 0.3) is 0 Å². The Hall–Kier alpha value is -4.23. The van der Waals surface area contributed by atoms with Gasteiger partial charge in [0.1, 0.15) is 24.5 Å². The lowest BCUT2D eigenvalue weighted by molar-refractivity contribution is 0.0695. The summed E-state index contributed by atoms with van der Waals surface area (Å²) in [5, 5.41) is 27.1. The summed E-state index contributed by atoms with van der Waals surface area (Å²) in [6.45, 7) is 1.88. The van der Waals surface area contributed by atoms with E-state index in [1.54, 1.807) is 49.4 Å². The molecule has 0 radical (unpaired) electrons. The van der Waals surface area contributed by atoms with Crippen LogP contribution in [-0.4, -0.2) is 21.0 Å². The quantitative estimate of drug-likeness (QED) is 0.730. The van der Waals surface area contributed by atoms with Gasteiger partial charge in [-0.25, -0.2) is 14.8 Å². The van der Waals surface area contributed by atoms with Crippen LogP contribution in [-0.2, 0) is 6.61 Å². The van der Waals surface area contributed by atoms with Crippen LogP contribution in [0.25, 0.3) is 11.4 Å². The number of carbonyl (C=O) groups is 1. The zero-order valence-electron chi connectivity index (χ0n) is 14.9. The van der Waals surface area contributed by atoms with Gasteiger partial charge in [0, 0.05) is 11.8 Å². The number of nitriles is 2. The molecule has 28 heavy (non-hydrogen) atoms. The third kappa shape index (κ3) is 3.95. The summed E-state index contributed by atoms with van der Waals surface area (Å²) in [7, 11) is 0. The predicted octanol–water partition coefficient (Wildman–Crippen LogP) is 3.47. The molecule has 0 fully saturated rings. The van der Waals surface area contributed by atoms with E-state index in [-0.39, 0.29) is 12.2 Å². The number of carboxylic acids is 1. The van der Waals surface area contributed by atoms with Crippen molar-refractivity contribution in [2.45, 2.75) is 13.5 Å². The first-order valence-electron chi connectivity index (χ1n) is 8.25. The number of benzene rings is 2. The van der Waals surface area contributed by atoms with Gasteiger partial charge in [-0.1, -0.05) is 6.07 Å². The lowest BCUT2D eigenvalue weighted by Crippen LogP contribution is -2.04. The van der Waals surface area contributed by atoms with E-state index in [1.165, 1.54) is 6.20 Å². The van der Waals surface area contributed by atoms with Gasteiger partial charge in [-0.2, -0.15) is 10.5 Å². The van der Waals surface area contributed by atoms with Gasteiger partial charge in [0.05, 0.1) is 22.4 Å². The molecule has 0 aliphatic heterocycles. The fraction of sp³-hybridized carbons (Fsp3) is 0.0952. The highest BCUT2D eigenvalue weighted by atomic mass is 16.5. The van der Waals surface area contributed by atoms with Crippen molar-refractivity contribution in [1.29, 1.82) is 10.5 Å². The van der Waals surface area contributed by atoms with Crippen LogP contribution < -0.4 is 4.74 Å². The van der Waals surface area contributed by atoms with Crippen molar-refractivity contribution in [1.82, 2.24) is 9.97 Å². The molecule has 0 aliphatic rings. The topological polar surface area (TPSA) is 120 Å². The number of aryl methyl sites for hydroxylation is 1. The first-order chi connectivity index (χ1) is 13.5. The molecule has 2 aromatic carbocycles. The zero-order chi connectivity index (χ0) is 20.1. The van der Waals surface area contributed by atoms with Crippen molar-refractivity contribution in [3.63, 3.8) is 0 Å². The fourth-order valence-electron chi connectivity index (χ4n) is 2.55. The van der Waals surface area contributed by atoms with E-state index < -0.39 is 5.97 Å². The average molecular weight is 370 g/mol. The molecule has 0 saturated heterocycles. The highest BCUT2D eigenvalue weighted by Gasteiger charge is 2.11. The molecule has 0 atom stereocenters. The van der Waals surface area contributed by atoms with E-state index >= 15 is 0 Å². The zero-order valence-corrected chi connectivity index (χ0v) is 14.9. The van der Waals surface area contributed by atoms with Crippen molar-refractivity contribution in [2.75, 3.05) is 0 Å². The van der Waals surface area contributed by atoms with Crippen molar-refractivity contribution in [3.05, 3.63) is 76.6 Å². The number of nitrogens with zero attached hydrogens (tertiary/aromatic N) is 4. The molecular formula is C21H14N4O3. The smallest absolute Gasteiger partial charge is 0.339 e. The maximum absolute atomic E-state index is 11.0. The molecule has 1 N–H and O–H groups in total. The highest BCUT2D eigenvalue weighted by molar-refractivity contribution is 5.88. The molecule has 1 aromatic heterocycles. The van der Waals surface area contributed by atoms with Gasteiger partial charge in [-0.3, -0.25) is 0 Å². The average Bonchev–Trinajstić information content (AvgIpc) is 2.72. The minimum Gasteiger partial charge on any atom is -0.489 e. The van der Waals surface area contributed by atoms with Crippen LogP contribution in [0.4, 0.5) is 0 Å². The van der Waals surface area contributed by atoms with Gasteiger partial charge in [0.15, 0.2) is 5.82 Å². The number of hydrogen-bond donors (Lipinski definition) is 1. The normalized spacial score (nSPS) is 9.96. The van der Waals surface area contributed by atoms with Gasteiger partial charge in [-0.15, -0.1) is 0 Å². The fourth-order valence-corrected chi connectivity index (χ4v) is 2.55. The van der Waals surface area contributed by atoms with E-state index in [0.717, 1.165) is 11.1 Å². The third-order valence-corrected chi connectivity index (χ3v) is 4.05. The summed E-state index contributed by atoms with van der Waals surface area (Å²) in [4.78, 5) is 19.4. The van der Waals surface area contributed by atoms with Gasteiger partial charge in [0.2, 0.25) is 0 Å². The maximum atomic E-state index is 11.0. The molecule has 136 valence electrons. The molecule has 3 rings (SSSR count). The third-order valence-electron chi connectivity index (χ3n) is 4.05. The minimum absolute atomic E-state index is 0.0721. The summed E-state index contributed by atoms with van der Waals surface area (Å²) >= 11 is 0. The molecule has 1 heterocycles. The molecule has 3 aromatic rings. The first-order valence-corrected chi connectivity index (χ1v) is 8.25. The number of ether oxygens (including phenoxy) is 1. The van der Waals surface area contributed by atoms with Crippen molar-refractivity contribution in [2.24, 2.45) is 0 Å². The number of aromatic nitrogens is 2. The van der Waals surface area contributed by atoms with Gasteiger partial charge in [-0.05, 0) is 48.9 Å². The molecule has 0 amide bonds. The van der Waals surface area contributed by atoms with Crippen LogP contribution in [0.1, 0.15) is 32.7 Å². The van der Waals surface area contributed by atoms with E-state index in [1.807, 2.05) is 12.1 Å². The summed E-state index contributed by atoms with van der Waals surface area (Å²) in [6, 6.07) is 16.0. The number of rotatable bonds is 5. The first kappa shape index (κ1) is 18.6. The molecule has 0 aliphatic carbocycles. The van der Waals surface area contributed by atoms with E-state index in [2.05, 4.69) is 9.97 Å². The molecule has 0 bridgehead atoms. The lowest BCUT2D eigenvalue weighted by Gasteiger charge is -2.08. The Bertz CT molecular complexity index is 1130. The van der Waals surface area contributed by atoms with Crippen LogP contribution in [0.5, 0.6) is 5.75 Å². The second-order valence-electron chi connectivity index (χ2n) is 5.91. The minimum atomic E-state index is -1.06. The van der Waals surface area contributed by atoms with Crippen molar-refractivity contribution in [3.8, 4) is 29.3 Å². The molecule has 7 nitrogen and oxygen atoms in total. The Morgan fingerprint density at radius 2 is 1.82 bits per heavy atom. The number of carboxylic acid groups (broad SMARTS) is 1. The SMILES string of the molecule is Cc1nc(-c2ccc(OCc3ccc(C#N)c(C#N)c3)cc2)ncc1C(=O)O. The second-order valence-corrected chi connectivity index (χ2v) is 5.91. The van der Waals surface area contributed by atoms with E-state index in [0.29, 0.717) is 28.4 Å². The summed E-state index contributed by atoms with van der Waals surface area (Å²) in [5.74, 6) is -0.0135. The molecule has 0 unspecified atom stereocenters. The summed E-state index contributed by atoms with van der Waals surface area (Å²) in [5.41, 5.74) is 2.63. The van der Waals surface area contributed by atoms with Crippen LogP contribution in [0.2, 0.25) is 0 Å². The summed E-state index contributed by atoms with van der Waals surface area (Å²) < 4.78 is 5.72. The second kappa shape index (κ2) is 7.98.